The lowest BCUT2D eigenvalue weighted by molar-refractivity contribution is 0.431. The molecule has 0 aliphatic heterocycles. The number of hydrogen-bond acceptors (Lipinski definition) is 4. The summed E-state index contributed by atoms with van der Waals surface area (Å²) >= 11 is 0. The molecule has 0 amide bonds. The van der Waals surface area contributed by atoms with Crippen molar-refractivity contribution in [1.82, 2.24) is 10.6 Å². The van der Waals surface area contributed by atoms with Gasteiger partial charge in [-0.1, -0.05) is 6.07 Å². The third-order valence-corrected chi connectivity index (χ3v) is 3.98. The van der Waals surface area contributed by atoms with E-state index in [1.165, 1.54) is 18.4 Å². The molecular weight excluding hydrogens is 309 g/mol. The van der Waals surface area contributed by atoms with Gasteiger partial charge < -0.3 is 15.7 Å². The van der Waals surface area contributed by atoms with Gasteiger partial charge in [0.1, 0.15) is 9.84 Å². The summed E-state index contributed by atoms with van der Waals surface area (Å²) < 4.78 is 35.5. The SMILES string of the molecule is CN=C(NCc1ccc(O)c(F)c1)NC(C)CCS(C)(=O)=O. The topological polar surface area (TPSA) is 90.8 Å². The summed E-state index contributed by atoms with van der Waals surface area (Å²) in [5.74, 6) is -0.472. The number of hydrogen-bond donors (Lipinski definition) is 3. The van der Waals surface area contributed by atoms with Gasteiger partial charge in [-0.3, -0.25) is 4.99 Å². The monoisotopic (exact) mass is 331 g/mol. The van der Waals surface area contributed by atoms with Crippen LogP contribution >= 0.6 is 0 Å². The van der Waals surface area contributed by atoms with Crippen molar-refractivity contribution < 1.29 is 17.9 Å². The van der Waals surface area contributed by atoms with Gasteiger partial charge in [-0.2, -0.15) is 0 Å². The maximum atomic E-state index is 13.2. The summed E-state index contributed by atoms with van der Waals surface area (Å²) in [6.07, 6.45) is 1.67. The van der Waals surface area contributed by atoms with Gasteiger partial charge in [0.2, 0.25) is 0 Å². The molecule has 1 unspecified atom stereocenters. The molecule has 1 atom stereocenters. The summed E-state index contributed by atoms with van der Waals surface area (Å²) in [6, 6.07) is 4.06. The van der Waals surface area contributed by atoms with Gasteiger partial charge in [0.05, 0.1) is 5.75 Å². The lowest BCUT2D eigenvalue weighted by Crippen LogP contribution is -2.42. The number of nitrogens with one attached hydrogen (secondary N) is 2. The van der Waals surface area contributed by atoms with Crippen LogP contribution < -0.4 is 10.6 Å². The second-order valence-electron chi connectivity index (χ2n) is 5.18. The van der Waals surface area contributed by atoms with Crippen molar-refractivity contribution in [3.8, 4) is 5.75 Å². The van der Waals surface area contributed by atoms with Gasteiger partial charge in [0.25, 0.3) is 0 Å². The standard InChI is InChI=1S/C14H22FN3O3S/c1-10(6-7-22(3,20)21)18-14(16-2)17-9-11-4-5-13(19)12(15)8-11/h4-5,8,10,19H,6-7,9H2,1-3H3,(H2,16,17,18). The highest BCUT2D eigenvalue weighted by molar-refractivity contribution is 7.90. The van der Waals surface area contributed by atoms with Crippen LogP contribution in [0.1, 0.15) is 18.9 Å². The number of phenols is 1. The van der Waals surface area contributed by atoms with Crippen molar-refractivity contribution >= 4 is 15.8 Å². The largest absolute Gasteiger partial charge is 0.505 e. The number of aromatic hydroxyl groups is 1. The van der Waals surface area contributed by atoms with E-state index in [9.17, 15) is 12.8 Å². The van der Waals surface area contributed by atoms with E-state index in [1.54, 1.807) is 13.1 Å². The summed E-state index contributed by atoms with van der Waals surface area (Å²) in [7, 11) is -1.40. The molecule has 0 fully saturated rings. The molecule has 1 aromatic carbocycles. The van der Waals surface area contributed by atoms with Crippen molar-refractivity contribution in [1.29, 1.82) is 0 Å². The third-order valence-electron chi connectivity index (χ3n) is 3.00. The third kappa shape index (κ3) is 6.75. The number of phenolic OH excluding ortho intramolecular Hbond substituents is 1. The zero-order chi connectivity index (χ0) is 16.8. The number of rotatable bonds is 6. The Kier molecular flexibility index (Phi) is 6.61. The Hall–Kier alpha value is -1.83. The Bertz CT molecular complexity index is 632. The maximum Gasteiger partial charge on any atom is 0.191 e. The molecule has 0 saturated carbocycles. The van der Waals surface area contributed by atoms with Crippen LogP contribution in [0.5, 0.6) is 5.75 Å². The number of benzene rings is 1. The fourth-order valence-electron chi connectivity index (χ4n) is 1.74. The van der Waals surface area contributed by atoms with Crippen LogP contribution in [0.3, 0.4) is 0 Å². The molecule has 0 aliphatic carbocycles. The molecule has 8 heteroatoms. The Morgan fingerprint density at radius 1 is 1.45 bits per heavy atom. The van der Waals surface area contributed by atoms with Crippen molar-refractivity contribution in [3.05, 3.63) is 29.6 Å². The fraction of sp³-hybridized carbons (Fsp3) is 0.500. The zero-order valence-corrected chi connectivity index (χ0v) is 13.7. The van der Waals surface area contributed by atoms with Crippen LogP contribution in [0.25, 0.3) is 0 Å². The molecule has 0 bridgehead atoms. The molecule has 0 radical (unpaired) electrons. The molecule has 0 spiro atoms. The molecular formula is C14H22FN3O3S. The second kappa shape index (κ2) is 7.98. The van der Waals surface area contributed by atoms with Gasteiger partial charge >= 0.3 is 0 Å². The number of sulfone groups is 1. The van der Waals surface area contributed by atoms with E-state index in [0.717, 1.165) is 0 Å². The number of guanidine groups is 1. The van der Waals surface area contributed by atoms with Gasteiger partial charge in [-0.15, -0.1) is 0 Å². The highest BCUT2D eigenvalue weighted by Crippen LogP contribution is 2.15. The van der Waals surface area contributed by atoms with E-state index in [1.807, 2.05) is 6.92 Å². The first-order valence-corrected chi connectivity index (χ1v) is 8.89. The van der Waals surface area contributed by atoms with E-state index < -0.39 is 15.7 Å². The normalized spacial score (nSPS) is 13.7. The summed E-state index contributed by atoms with van der Waals surface area (Å²) in [6.45, 7) is 2.19. The maximum absolute atomic E-state index is 13.2. The van der Waals surface area contributed by atoms with E-state index in [4.69, 9.17) is 5.11 Å². The predicted octanol–water partition coefficient (Wildman–Crippen LogP) is 1.02. The molecule has 6 nitrogen and oxygen atoms in total. The summed E-state index contributed by atoms with van der Waals surface area (Å²) in [4.78, 5) is 4.03. The molecule has 0 aliphatic rings. The minimum absolute atomic E-state index is 0.0718. The Morgan fingerprint density at radius 2 is 2.14 bits per heavy atom. The first kappa shape index (κ1) is 18.2. The molecule has 1 aromatic rings. The zero-order valence-electron chi connectivity index (χ0n) is 12.9. The van der Waals surface area contributed by atoms with Crippen molar-refractivity contribution in [2.45, 2.75) is 25.9 Å². The molecule has 0 saturated heterocycles. The molecule has 1 rings (SSSR count). The average molecular weight is 331 g/mol. The Morgan fingerprint density at radius 3 is 2.68 bits per heavy atom. The van der Waals surface area contributed by atoms with Crippen molar-refractivity contribution in [2.24, 2.45) is 4.99 Å². The highest BCUT2D eigenvalue weighted by atomic mass is 32.2. The van der Waals surface area contributed by atoms with Crippen molar-refractivity contribution in [3.63, 3.8) is 0 Å². The molecule has 124 valence electrons. The summed E-state index contributed by atoms with van der Waals surface area (Å²) in [5, 5.41) is 15.2. The predicted molar refractivity (Wildman–Crippen MR) is 85.2 cm³/mol. The van der Waals surface area contributed by atoms with Gasteiger partial charge in [0, 0.05) is 25.9 Å². The van der Waals surface area contributed by atoms with Crippen molar-refractivity contribution in [2.75, 3.05) is 19.1 Å². The number of aliphatic imine (C=N–C) groups is 1. The van der Waals surface area contributed by atoms with Gasteiger partial charge in [-0.05, 0) is 31.0 Å². The lowest BCUT2D eigenvalue weighted by atomic mass is 10.2. The highest BCUT2D eigenvalue weighted by Gasteiger charge is 2.09. The fourth-order valence-corrected chi connectivity index (χ4v) is 2.52. The first-order valence-electron chi connectivity index (χ1n) is 6.83. The smallest absolute Gasteiger partial charge is 0.191 e. The molecule has 3 N–H and O–H groups in total. The number of nitrogens with zero attached hydrogens (tertiary/aromatic N) is 1. The quantitative estimate of drug-likeness (QED) is 0.535. The first-order chi connectivity index (χ1) is 10.2. The van der Waals surface area contributed by atoms with Gasteiger partial charge in [-0.25, -0.2) is 12.8 Å². The van der Waals surface area contributed by atoms with Crippen LogP contribution in [-0.4, -0.2) is 44.6 Å². The molecule has 0 aromatic heterocycles. The lowest BCUT2D eigenvalue weighted by Gasteiger charge is -2.17. The van der Waals surface area contributed by atoms with E-state index in [0.29, 0.717) is 24.5 Å². The van der Waals surface area contributed by atoms with Crippen LogP contribution in [-0.2, 0) is 16.4 Å². The van der Waals surface area contributed by atoms with E-state index in [2.05, 4.69) is 15.6 Å². The minimum Gasteiger partial charge on any atom is -0.505 e. The van der Waals surface area contributed by atoms with Crippen LogP contribution in [0.4, 0.5) is 4.39 Å². The average Bonchev–Trinajstić information content (AvgIpc) is 2.44. The second-order valence-corrected chi connectivity index (χ2v) is 7.44. The molecule has 22 heavy (non-hydrogen) atoms. The number of halogens is 1. The van der Waals surface area contributed by atoms with E-state index >= 15 is 0 Å². The Labute approximate surface area is 130 Å². The Balaban J connectivity index is 2.50. The van der Waals surface area contributed by atoms with Crippen LogP contribution in [0, 0.1) is 5.82 Å². The van der Waals surface area contributed by atoms with Crippen LogP contribution in [0.2, 0.25) is 0 Å². The minimum atomic E-state index is -2.99. The molecule has 0 heterocycles. The van der Waals surface area contributed by atoms with E-state index in [-0.39, 0.29) is 17.5 Å². The van der Waals surface area contributed by atoms with Gasteiger partial charge in [0.15, 0.2) is 17.5 Å². The summed E-state index contributed by atoms with van der Waals surface area (Å²) in [5.41, 5.74) is 0.655. The van der Waals surface area contributed by atoms with Crippen LogP contribution in [0.15, 0.2) is 23.2 Å².